The molecule has 0 saturated heterocycles. The Bertz CT molecular complexity index is 1310. The van der Waals surface area contributed by atoms with Gasteiger partial charge in [0.1, 0.15) is 11.9 Å². The number of ketones is 2. The minimum absolute atomic E-state index is 0.0322. The van der Waals surface area contributed by atoms with Gasteiger partial charge in [-0.25, -0.2) is 0 Å². The fraction of sp³-hybridized carbons (Fsp3) is 0.824. The molecule has 4 aliphatic carbocycles. The number of hydrogen-bond acceptors (Lipinski definition) is 7. The molecule has 1 heterocycles. The third kappa shape index (κ3) is 4.98. The maximum atomic E-state index is 14.3. The highest BCUT2D eigenvalue weighted by molar-refractivity contribution is 6.04. The molecule has 230 valence electrons. The number of nitrogens with zero attached hydrogens (tertiary/aromatic N) is 5. The van der Waals surface area contributed by atoms with Crippen LogP contribution in [0, 0.1) is 62.1 Å². The fourth-order valence-corrected chi connectivity index (χ4v) is 10.2. The van der Waals surface area contributed by atoms with E-state index in [4.69, 9.17) is 0 Å². The van der Waals surface area contributed by atoms with Crippen LogP contribution in [-0.4, -0.2) is 38.3 Å². The fourth-order valence-electron chi connectivity index (χ4n) is 10.2. The number of aromatic nitrogens is 4. The van der Waals surface area contributed by atoms with Crippen LogP contribution in [0.2, 0.25) is 0 Å². The first kappa shape index (κ1) is 31.0. The van der Waals surface area contributed by atoms with Gasteiger partial charge in [-0.1, -0.05) is 54.5 Å². The lowest BCUT2D eigenvalue weighted by Crippen LogP contribution is -2.65. The van der Waals surface area contributed by atoms with E-state index in [-0.39, 0.29) is 45.2 Å². The average Bonchev–Trinajstić information content (AvgIpc) is 3.33. The molecule has 1 unspecified atom stereocenters. The number of carbonyl (C=O) groups excluding carboxylic acids is 2. The standard InChI is InChI=1S/C34H52N6O2/c1-30(2)13-9-22(20-36-21-28-37-39-40(8)38-28)10-15-33(6)24(11-14-30)25(41)17-27-32(5)18-23(19-35)29(42)31(3,4)26(32)12-16-34(27,33)7/h18,22,24,26-27,36H,9-17,20-21H2,1-8H3/t22-,24?,26-,27+,32-,33+,34+/m0/s1. The molecule has 1 aromatic rings. The Morgan fingerprint density at radius 1 is 0.952 bits per heavy atom. The number of fused-ring (bicyclic) bond motifs is 5. The van der Waals surface area contributed by atoms with Crippen LogP contribution in [0.4, 0.5) is 0 Å². The van der Waals surface area contributed by atoms with Crippen molar-refractivity contribution >= 4 is 11.6 Å². The number of nitrogens with one attached hydrogen (secondary N) is 1. The van der Waals surface area contributed by atoms with E-state index in [1.165, 1.54) is 4.80 Å². The number of Topliss-reactive ketones (excluding diaryl/α,β-unsaturated/α-hetero) is 2. The van der Waals surface area contributed by atoms with Crippen LogP contribution in [0.25, 0.3) is 0 Å². The molecule has 0 amide bonds. The summed E-state index contributed by atoms with van der Waals surface area (Å²) >= 11 is 0. The zero-order valence-electron chi connectivity index (χ0n) is 27.2. The summed E-state index contributed by atoms with van der Waals surface area (Å²) in [7, 11) is 1.78. The summed E-state index contributed by atoms with van der Waals surface area (Å²) in [5.74, 6) is 1.87. The molecule has 3 saturated carbocycles. The lowest BCUT2D eigenvalue weighted by atomic mass is 9.35. The maximum absolute atomic E-state index is 14.3. The molecule has 7 atom stereocenters. The molecule has 1 N–H and O–H groups in total. The van der Waals surface area contributed by atoms with E-state index in [2.05, 4.69) is 61.4 Å². The Hall–Kier alpha value is -2.40. The maximum Gasteiger partial charge on any atom is 0.188 e. The second-order valence-electron chi connectivity index (χ2n) is 16.3. The van der Waals surface area contributed by atoms with Crippen molar-refractivity contribution in [2.24, 2.45) is 57.8 Å². The summed E-state index contributed by atoms with van der Waals surface area (Å²) in [6.07, 6.45) is 11.0. The Balaban J connectivity index is 1.48. The van der Waals surface area contributed by atoms with Crippen molar-refractivity contribution in [3.63, 3.8) is 0 Å². The number of hydrogen-bond donors (Lipinski definition) is 1. The Morgan fingerprint density at radius 3 is 2.29 bits per heavy atom. The molecule has 1 aromatic heterocycles. The SMILES string of the molecule is Cn1nnc(CNC[C@H]2CCC(C)(C)CCC3C(=O)C[C@@H]4[C@@]5(C)C=C(C#N)C(=O)C(C)(C)[C@@H]5CC[C@@]4(C)[C@]3(C)CC2)n1. The molecule has 0 aromatic carbocycles. The third-order valence-corrected chi connectivity index (χ3v) is 13.0. The highest BCUT2D eigenvalue weighted by atomic mass is 16.1. The smallest absolute Gasteiger partial charge is 0.188 e. The van der Waals surface area contributed by atoms with Crippen molar-refractivity contribution in [3.05, 3.63) is 17.5 Å². The molecular formula is C34H52N6O2. The second-order valence-corrected chi connectivity index (χ2v) is 16.3. The van der Waals surface area contributed by atoms with Crippen molar-refractivity contribution in [2.45, 2.75) is 113 Å². The van der Waals surface area contributed by atoms with E-state index < -0.39 is 5.41 Å². The quantitative estimate of drug-likeness (QED) is 0.468. The zero-order valence-corrected chi connectivity index (χ0v) is 27.2. The van der Waals surface area contributed by atoms with Crippen LogP contribution in [0.3, 0.4) is 0 Å². The minimum atomic E-state index is -0.605. The zero-order chi connectivity index (χ0) is 30.7. The van der Waals surface area contributed by atoms with E-state index in [9.17, 15) is 14.9 Å². The molecule has 8 nitrogen and oxygen atoms in total. The van der Waals surface area contributed by atoms with Gasteiger partial charge < -0.3 is 5.32 Å². The summed E-state index contributed by atoms with van der Waals surface area (Å²) in [6.45, 7) is 17.5. The van der Waals surface area contributed by atoms with Crippen LogP contribution in [0.1, 0.15) is 112 Å². The van der Waals surface area contributed by atoms with E-state index in [1.54, 1.807) is 7.05 Å². The lowest BCUT2D eigenvalue weighted by molar-refractivity contribution is -0.190. The number of carbonyl (C=O) groups is 2. The summed E-state index contributed by atoms with van der Waals surface area (Å²) in [5.41, 5.74) is -0.702. The predicted octanol–water partition coefficient (Wildman–Crippen LogP) is 5.99. The lowest BCUT2D eigenvalue weighted by Gasteiger charge is -2.68. The van der Waals surface area contributed by atoms with Gasteiger partial charge in [-0.3, -0.25) is 9.59 Å². The first-order valence-electron chi connectivity index (χ1n) is 16.2. The van der Waals surface area contributed by atoms with Crippen LogP contribution in [-0.2, 0) is 23.2 Å². The summed E-state index contributed by atoms with van der Waals surface area (Å²) < 4.78 is 0. The molecule has 3 fully saturated rings. The van der Waals surface area contributed by atoms with Crippen molar-refractivity contribution in [2.75, 3.05) is 6.54 Å². The van der Waals surface area contributed by atoms with Gasteiger partial charge in [-0.15, -0.1) is 10.2 Å². The van der Waals surface area contributed by atoms with Gasteiger partial charge in [0.05, 0.1) is 19.2 Å². The molecule has 0 bridgehead atoms. The van der Waals surface area contributed by atoms with Gasteiger partial charge >= 0.3 is 0 Å². The summed E-state index contributed by atoms with van der Waals surface area (Å²) in [5, 5.41) is 26.0. The molecule has 0 aliphatic heterocycles. The van der Waals surface area contributed by atoms with E-state index in [1.807, 2.05) is 19.9 Å². The van der Waals surface area contributed by atoms with Crippen molar-refractivity contribution in [1.29, 1.82) is 5.26 Å². The summed E-state index contributed by atoms with van der Waals surface area (Å²) in [6, 6.07) is 2.24. The van der Waals surface area contributed by atoms with E-state index in [0.717, 1.165) is 57.9 Å². The van der Waals surface area contributed by atoms with Gasteiger partial charge in [-0.2, -0.15) is 10.1 Å². The van der Waals surface area contributed by atoms with Crippen molar-refractivity contribution in [3.8, 4) is 6.07 Å². The molecule has 5 rings (SSSR count). The average molecular weight is 577 g/mol. The number of allylic oxidation sites excluding steroid dienone is 2. The van der Waals surface area contributed by atoms with Crippen molar-refractivity contribution in [1.82, 2.24) is 25.5 Å². The molecule has 8 heteroatoms. The summed E-state index contributed by atoms with van der Waals surface area (Å²) in [4.78, 5) is 29.1. The highest BCUT2D eigenvalue weighted by Crippen LogP contribution is 2.72. The molecule has 0 radical (unpaired) electrons. The van der Waals surface area contributed by atoms with E-state index in [0.29, 0.717) is 36.1 Å². The molecule has 0 spiro atoms. The number of nitriles is 1. The van der Waals surface area contributed by atoms with Crippen LogP contribution >= 0.6 is 0 Å². The predicted molar refractivity (Wildman–Crippen MR) is 162 cm³/mol. The minimum Gasteiger partial charge on any atom is -0.309 e. The van der Waals surface area contributed by atoms with Gasteiger partial charge in [0, 0.05) is 17.8 Å². The first-order chi connectivity index (χ1) is 19.6. The molecule has 4 aliphatic rings. The molecular weight excluding hydrogens is 524 g/mol. The number of aryl methyl sites for hydroxylation is 1. The number of rotatable bonds is 4. The topological polar surface area (TPSA) is 114 Å². The van der Waals surface area contributed by atoms with Crippen LogP contribution in [0.15, 0.2) is 11.6 Å². The third-order valence-electron chi connectivity index (χ3n) is 13.0. The van der Waals surface area contributed by atoms with Crippen LogP contribution in [0.5, 0.6) is 0 Å². The largest absolute Gasteiger partial charge is 0.309 e. The van der Waals surface area contributed by atoms with E-state index >= 15 is 0 Å². The monoisotopic (exact) mass is 576 g/mol. The number of tetrazole rings is 1. The first-order valence-corrected chi connectivity index (χ1v) is 16.2. The second kappa shape index (κ2) is 10.6. The van der Waals surface area contributed by atoms with Crippen molar-refractivity contribution < 1.29 is 9.59 Å². The normalized spacial score (nSPS) is 39.7. The Labute approximate surface area is 252 Å². The Morgan fingerprint density at radius 2 is 1.62 bits per heavy atom. The van der Waals surface area contributed by atoms with Gasteiger partial charge in [0.15, 0.2) is 11.6 Å². The van der Waals surface area contributed by atoms with Crippen LogP contribution < -0.4 is 5.32 Å². The van der Waals surface area contributed by atoms with Gasteiger partial charge in [-0.05, 0) is 103 Å². The highest BCUT2D eigenvalue weighted by Gasteiger charge is 2.68. The molecule has 42 heavy (non-hydrogen) atoms. The van der Waals surface area contributed by atoms with Gasteiger partial charge in [0.2, 0.25) is 0 Å². The van der Waals surface area contributed by atoms with Gasteiger partial charge in [0.25, 0.3) is 0 Å². The Kier molecular flexibility index (Phi) is 7.87.